The number of thiazole rings is 1. The first-order valence-corrected chi connectivity index (χ1v) is 8.25. The average Bonchev–Trinajstić information content (AvgIpc) is 2.91. The zero-order valence-electron chi connectivity index (χ0n) is 13.3. The SMILES string of the molecule is Cc1cc(C)c2nc(NC(=O)[C@@H](C)Oc3ccccc3)sc2c1. The van der Waals surface area contributed by atoms with Crippen LogP contribution in [0.15, 0.2) is 42.5 Å². The largest absolute Gasteiger partial charge is 0.481 e. The topological polar surface area (TPSA) is 51.2 Å². The van der Waals surface area contributed by atoms with Gasteiger partial charge < -0.3 is 4.74 Å². The van der Waals surface area contributed by atoms with Crippen molar-refractivity contribution in [2.75, 3.05) is 5.32 Å². The number of carbonyl (C=O) groups is 1. The number of anilines is 1. The zero-order chi connectivity index (χ0) is 16.4. The fourth-order valence-corrected chi connectivity index (χ4v) is 3.43. The zero-order valence-corrected chi connectivity index (χ0v) is 14.1. The van der Waals surface area contributed by atoms with Crippen molar-refractivity contribution >= 4 is 32.6 Å². The number of ether oxygens (including phenoxy) is 1. The lowest BCUT2D eigenvalue weighted by molar-refractivity contribution is -0.122. The molecule has 4 nitrogen and oxygen atoms in total. The highest BCUT2D eigenvalue weighted by molar-refractivity contribution is 7.22. The van der Waals surface area contributed by atoms with Gasteiger partial charge in [0, 0.05) is 0 Å². The van der Waals surface area contributed by atoms with Gasteiger partial charge in [0.05, 0.1) is 10.2 Å². The van der Waals surface area contributed by atoms with E-state index >= 15 is 0 Å². The molecule has 1 amide bonds. The summed E-state index contributed by atoms with van der Waals surface area (Å²) in [6.45, 7) is 5.81. The molecule has 0 aliphatic rings. The van der Waals surface area contributed by atoms with Crippen molar-refractivity contribution in [1.29, 1.82) is 0 Å². The van der Waals surface area contributed by atoms with Crippen molar-refractivity contribution in [1.82, 2.24) is 4.98 Å². The fraction of sp³-hybridized carbons (Fsp3) is 0.222. The maximum atomic E-state index is 12.3. The van der Waals surface area contributed by atoms with Crippen LogP contribution in [0.2, 0.25) is 0 Å². The summed E-state index contributed by atoms with van der Waals surface area (Å²) in [6, 6.07) is 13.5. The van der Waals surface area contributed by atoms with Crippen LogP contribution in [0.5, 0.6) is 5.75 Å². The summed E-state index contributed by atoms with van der Waals surface area (Å²) in [5.74, 6) is 0.466. The van der Waals surface area contributed by atoms with Crippen molar-refractivity contribution < 1.29 is 9.53 Å². The number of benzene rings is 2. The molecular weight excluding hydrogens is 308 g/mol. The van der Waals surface area contributed by atoms with Gasteiger partial charge in [-0.2, -0.15) is 0 Å². The Morgan fingerprint density at radius 1 is 1.22 bits per heavy atom. The molecule has 3 rings (SSSR count). The molecule has 2 aromatic carbocycles. The normalized spacial score (nSPS) is 12.1. The second-order valence-electron chi connectivity index (χ2n) is 5.51. The summed E-state index contributed by atoms with van der Waals surface area (Å²) in [4.78, 5) is 16.8. The minimum Gasteiger partial charge on any atom is -0.481 e. The smallest absolute Gasteiger partial charge is 0.266 e. The van der Waals surface area contributed by atoms with Crippen LogP contribution >= 0.6 is 11.3 Å². The van der Waals surface area contributed by atoms with E-state index in [-0.39, 0.29) is 5.91 Å². The van der Waals surface area contributed by atoms with Crippen LogP contribution in [0.25, 0.3) is 10.2 Å². The van der Waals surface area contributed by atoms with Gasteiger partial charge >= 0.3 is 0 Å². The number of carbonyl (C=O) groups excluding carboxylic acids is 1. The number of hydrogen-bond donors (Lipinski definition) is 1. The second-order valence-corrected chi connectivity index (χ2v) is 6.54. The molecule has 23 heavy (non-hydrogen) atoms. The van der Waals surface area contributed by atoms with Crippen molar-refractivity contribution in [2.45, 2.75) is 26.9 Å². The number of aryl methyl sites for hydroxylation is 2. The van der Waals surface area contributed by atoms with Crippen molar-refractivity contribution in [3.63, 3.8) is 0 Å². The molecule has 0 fully saturated rings. The minimum absolute atomic E-state index is 0.206. The molecule has 0 unspecified atom stereocenters. The molecule has 1 aromatic heterocycles. The van der Waals surface area contributed by atoms with Crippen LogP contribution in [0.3, 0.4) is 0 Å². The second kappa shape index (κ2) is 6.38. The Labute approximate surface area is 139 Å². The molecule has 0 radical (unpaired) electrons. The molecule has 0 saturated carbocycles. The minimum atomic E-state index is -0.591. The summed E-state index contributed by atoms with van der Waals surface area (Å²) in [5.41, 5.74) is 3.25. The van der Waals surface area contributed by atoms with E-state index < -0.39 is 6.10 Å². The van der Waals surface area contributed by atoms with Gasteiger partial charge in [-0.25, -0.2) is 4.98 Å². The number of rotatable bonds is 4. The predicted octanol–water partition coefficient (Wildman–Crippen LogP) is 4.32. The van der Waals surface area contributed by atoms with E-state index in [2.05, 4.69) is 29.4 Å². The summed E-state index contributed by atoms with van der Waals surface area (Å²) in [7, 11) is 0. The van der Waals surface area contributed by atoms with E-state index in [0.717, 1.165) is 15.8 Å². The molecule has 5 heteroatoms. The van der Waals surface area contributed by atoms with E-state index in [1.54, 1.807) is 6.92 Å². The Morgan fingerprint density at radius 3 is 2.70 bits per heavy atom. The molecule has 0 spiro atoms. The molecule has 1 N–H and O–H groups in total. The maximum absolute atomic E-state index is 12.3. The number of hydrogen-bond acceptors (Lipinski definition) is 4. The highest BCUT2D eigenvalue weighted by Crippen LogP contribution is 2.29. The van der Waals surface area contributed by atoms with Crippen molar-refractivity contribution in [3.05, 3.63) is 53.6 Å². The Bertz CT molecular complexity index is 843. The molecule has 1 atom stereocenters. The van der Waals surface area contributed by atoms with Crippen LogP contribution in [0, 0.1) is 13.8 Å². The highest BCUT2D eigenvalue weighted by atomic mass is 32.1. The number of aromatic nitrogens is 1. The lowest BCUT2D eigenvalue weighted by Crippen LogP contribution is -2.30. The van der Waals surface area contributed by atoms with Crippen LogP contribution in [-0.4, -0.2) is 17.0 Å². The number of fused-ring (bicyclic) bond motifs is 1. The van der Waals surface area contributed by atoms with Crippen LogP contribution in [-0.2, 0) is 4.79 Å². The lowest BCUT2D eigenvalue weighted by atomic mass is 10.1. The third kappa shape index (κ3) is 3.51. The molecule has 0 saturated heterocycles. The van der Waals surface area contributed by atoms with Gasteiger partial charge in [-0.3, -0.25) is 10.1 Å². The number of nitrogens with zero attached hydrogens (tertiary/aromatic N) is 1. The summed E-state index contributed by atoms with van der Waals surface area (Å²) >= 11 is 1.48. The van der Waals surface area contributed by atoms with Gasteiger partial charge in [0.25, 0.3) is 5.91 Å². The summed E-state index contributed by atoms with van der Waals surface area (Å²) in [6.07, 6.45) is -0.591. The quantitative estimate of drug-likeness (QED) is 0.777. The van der Waals surface area contributed by atoms with Gasteiger partial charge in [-0.05, 0) is 50.1 Å². The Kier molecular flexibility index (Phi) is 4.30. The monoisotopic (exact) mass is 326 g/mol. The summed E-state index contributed by atoms with van der Waals surface area (Å²) < 4.78 is 6.71. The van der Waals surface area contributed by atoms with E-state index in [4.69, 9.17) is 4.74 Å². The maximum Gasteiger partial charge on any atom is 0.266 e. The first-order chi connectivity index (χ1) is 11.0. The van der Waals surface area contributed by atoms with E-state index in [1.165, 1.54) is 16.9 Å². The molecule has 0 bridgehead atoms. The van der Waals surface area contributed by atoms with Gasteiger partial charge in [0.2, 0.25) is 0 Å². The lowest BCUT2D eigenvalue weighted by Gasteiger charge is -2.13. The van der Waals surface area contributed by atoms with Gasteiger partial charge in [-0.1, -0.05) is 35.6 Å². The Morgan fingerprint density at radius 2 is 1.96 bits per heavy atom. The molecule has 3 aromatic rings. The van der Waals surface area contributed by atoms with Crippen molar-refractivity contribution in [3.8, 4) is 5.75 Å². The average molecular weight is 326 g/mol. The fourth-order valence-electron chi connectivity index (χ4n) is 2.39. The Hall–Kier alpha value is -2.40. The first-order valence-electron chi connectivity index (χ1n) is 7.43. The third-order valence-electron chi connectivity index (χ3n) is 3.49. The number of para-hydroxylation sites is 1. The van der Waals surface area contributed by atoms with Crippen LogP contribution < -0.4 is 10.1 Å². The van der Waals surface area contributed by atoms with Crippen molar-refractivity contribution in [2.24, 2.45) is 0 Å². The highest BCUT2D eigenvalue weighted by Gasteiger charge is 2.17. The number of nitrogens with one attached hydrogen (secondary N) is 1. The van der Waals surface area contributed by atoms with Crippen LogP contribution in [0.4, 0.5) is 5.13 Å². The predicted molar refractivity (Wildman–Crippen MR) is 94.3 cm³/mol. The molecule has 1 heterocycles. The van der Waals surface area contributed by atoms with E-state index in [0.29, 0.717) is 10.9 Å². The van der Waals surface area contributed by atoms with Gasteiger partial charge in [0.1, 0.15) is 5.75 Å². The summed E-state index contributed by atoms with van der Waals surface area (Å²) in [5, 5.41) is 3.44. The molecule has 0 aliphatic heterocycles. The van der Waals surface area contributed by atoms with E-state index in [9.17, 15) is 4.79 Å². The standard InChI is InChI=1S/C18H18N2O2S/c1-11-9-12(2)16-15(10-11)23-18(19-16)20-17(21)13(3)22-14-7-5-4-6-8-14/h4-10,13H,1-3H3,(H,19,20,21)/t13-/m1/s1. The van der Waals surface area contributed by atoms with Gasteiger partial charge in [-0.15, -0.1) is 0 Å². The van der Waals surface area contributed by atoms with Crippen LogP contribution in [0.1, 0.15) is 18.1 Å². The Balaban J connectivity index is 1.73. The number of amides is 1. The molecule has 0 aliphatic carbocycles. The van der Waals surface area contributed by atoms with Gasteiger partial charge in [0.15, 0.2) is 11.2 Å². The molecular formula is C18H18N2O2S. The van der Waals surface area contributed by atoms with E-state index in [1.807, 2.05) is 37.3 Å². The third-order valence-corrected chi connectivity index (χ3v) is 4.40. The first kappa shape index (κ1) is 15.5. The molecule has 118 valence electrons.